The lowest BCUT2D eigenvalue weighted by Gasteiger charge is -2.07. The van der Waals surface area contributed by atoms with Crippen molar-refractivity contribution in [3.8, 4) is 0 Å². The molecule has 17 heavy (non-hydrogen) atoms. The van der Waals surface area contributed by atoms with E-state index in [1.165, 1.54) is 0 Å². The zero-order valence-corrected chi connectivity index (χ0v) is 10.4. The third-order valence-corrected chi connectivity index (χ3v) is 2.41. The van der Waals surface area contributed by atoms with Gasteiger partial charge in [0, 0.05) is 37.7 Å². The van der Waals surface area contributed by atoms with E-state index in [-0.39, 0.29) is 0 Å². The second-order valence-corrected chi connectivity index (χ2v) is 3.89. The van der Waals surface area contributed by atoms with Crippen LogP contribution in [0.2, 0.25) is 0 Å². The summed E-state index contributed by atoms with van der Waals surface area (Å²) in [5.41, 5.74) is 3.00. The van der Waals surface area contributed by atoms with Gasteiger partial charge in [0.1, 0.15) is 5.82 Å². The lowest BCUT2D eigenvalue weighted by molar-refractivity contribution is 0.756. The first-order valence-electron chi connectivity index (χ1n) is 5.66. The van der Waals surface area contributed by atoms with Crippen molar-refractivity contribution in [3.63, 3.8) is 0 Å². The summed E-state index contributed by atoms with van der Waals surface area (Å²) in [7, 11) is 1.91. The fourth-order valence-corrected chi connectivity index (χ4v) is 1.66. The molecule has 0 bridgehead atoms. The number of anilines is 3. The molecule has 0 unspecified atom stereocenters. The minimum Gasteiger partial charge on any atom is -0.370 e. The fourth-order valence-electron chi connectivity index (χ4n) is 1.66. The Morgan fingerprint density at radius 1 is 1.41 bits per heavy atom. The molecule has 0 aliphatic carbocycles. The molecule has 5 nitrogen and oxygen atoms in total. The number of nitrogens with zero attached hydrogens (tertiary/aromatic N) is 3. The van der Waals surface area contributed by atoms with Gasteiger partial charge in [-0.3, -0.25) is 4.68 Å². The van der Waals surface area contributed by atoms with Gasteiger partial charge in [-0.05, 0) is 19.9 Å². The molecule has 5 heteroatoms. The molecule has 0 saturated heterocycles. The van der Waals surface area contributed by atoms with Crippen LogP contribution in [0.1, 0.15) is 12.6 Å². The van der Waals surface area contributed by atoms with Crippen molar-refractivity contribution < 1.29 is 0 Å². The highest BCUT2D eigenvalue weighted by Crippen LogP contribution is 2.20. The molecule has 2 rings (SSSR count). The Morgan fingerprint density at radius 2 is 2.24 bits per heavy atom. The van der Waals surface area contributed by atoms with Crippen molar-refractivity contribution in [1.82, 2.24) is 14.8 Å². The van der Waals surface area contributed by atoms with Gasteiger partial charge in [-0.1, -0.05) is 0 Å². The minimum atomic E-state index is 0.863. The van der Waals surface area contributed by atoms with Crippen LogP contribution in [0.15, 0.2) is 24.5 Å². The van der Waals surface area contributed by atoms with Gasteiger partial charge >= 0.3 is 0 Å². The third-order valence-electron chi connectivity index (χ3n) is 2.41. The molecule has 2 aromatic heterocycles. The minimum absolute atomic E-state index is 0.863. The Kier molecular flexibility index (Phi) is 3.27. The van der Waals surface area contributed by atoms with Crippen molar-refractivity contribution in [2.75, 3.05) is 17.2 Å². The summed E-state index contributed by atoms with van der Waals surface area (Å²) in [6.45, 7) is 4.89. The quantitative estimate of drug-likeness (QED) is 0.847. The molecule has 0 atom stereocenters. The van der Waals surface area contributed by atoms with Crippen LogP contribution < -0.4 is 10.6 Å². The Morgan fingerprint density at radius 3 is 2.88 bits per heavy atom. The Labute approximate surface area is 101 Å². The Balaban J connectivity index is 2.18. The number of nitrogens with one attached hydrogen (secondary N) is 2. The number of hydrogen-bond acceptors (Lipinski definition) is 4. The summed E-state index contributed by atoms with van der Waals surface area (Å²) in [4.78, 5) is 4.23. The smallest absolute Gasteiger partial charge is 0.127 e. The van der Waals surface area contributed by atoms with Crippen LogP contribution in [0.4, 0.5) is 17.2 Å². The number of pyridine rings is 1. The van der Waals surface area contributed by atoms with E-state index < -0.39 is 0 Å². The topological polar surface area (TPSA) is 54.8 Å². The molecule has 2 N–H and O–H groups in total. The molecule has 2 aromatic rings. The largest absolute Gasteiger partial charge is 0.370 e. The van der Waals surface area contributed by atoms with E-state index in [1.54, 1.807) is 10.9 Å². The van der Waals surface area contributed by atoms with E-state index in [0.29, 0.717) is 0 Å². The van der Waals surface area contributed by atoms with E-state index in [4.69, 9.17) is 0 Å². The van der Waals surface area contributed by atoms with E-state index in [0.717, 1.165) is 29.4 Å². The molecule has 0 spiro atoms. The van der Waals surface area contributed by atoms with Gasteiger partial charge in [0.2, 0.25) is 0 Å². The second kappa shape index (κ2) is 4.86. The molecular weight excluding hydrogens is 214 g/mol. The van der Waals surface area contributed by atoms with Gasteiger partial charge in [0.15, 0.2) is 0 Å². The first kappa shape index (κ1) is 11.4. The van der Waals surface area contributed by atoms with Gasteiger partial charge in [-0.2, -0.15) is 5.10 Å². The maximum Gasteiger partial charge on any atom is 0.127 e. The fraction of sp³-hybridized carbons (Fsp3) is 0.333. The van der Waals surface area contributed by atoms with Gasteiger partial charge in [0.25, 0.3) is 0 Å². The van der Waals surface area contributed by atoms with Crippen LogP contribution in [-0.4, -0.2) is 21.3 Å². The number of aromatic nitrogens is 3. The molecule has 90 valence electrons. The maximum atomic E-state index is 4.29. The van der Waals surface area contributed by atoms with E-state index in [2.05, 4.69) is 20.7 Å². The zero-order chi connectivity index (χ0) is 12.3. The van der Waals surface area contributed by atoms with Crippen LogP contribution in [0, 0.1) is 6.92 Å². The summed E-state index contributed by atoms with van der Waals surface area (Å²) >= 11 is 0. The van der Waals surface area contributed by atoms with E-state index >= 15 is 0 Å². The van der Waals surface area contributed by atoms with Crippen LogP contribution in [0.5, 0.6) is 0 Å². The van der Waals surface area contributed by atoms with Gasteiger partial charge < -0.3 is 10.6 Å². The first-order chi connectivity index (χ1) is 8.19. The van der Waals surface area contributed by atoms with Crippen LogP contribution in [0.25, 0.3) is 0 Å². The highest BCUT2D eigenvalue weighted by atomic mass is 15.3. The maximum absolute atomic E-state index is 4.29. The van der Waals surface area contributed by atoms with E-state index in [1.807, 2.05) is 39.2 Å². The lowest BCUT2D eigenvalue weighted by atomic mass is 10.3. The van der Waals surface area contributed by atoms with Crippen LogP contribution in [0.3, 0.4) is 0 Å². The SMILES string of the molecule is CCNc1cc(Nc2cn(C)nc2C)ccn1. The summed E-state index contributed by atoms with van der Waals surface area (Å²) in [6, 6.07) is 3.92. The first-order valence-corrected chi connectivity index (χ1v) is 5.66. The van der Waals surface area contributed by atoms with Gasteiger partial charge in [0.05, 0.1) is 11.4 Å². The van der Waals surface area contributed by atoms with Crippen molar-refractivity contribution in [2.45, 2.75) is 13.8 Å². The predicted molar refractivity (Wildman–Crippen MR) is 69.6 cm³/mol. The average molecular weight is 231 g/mol. The molecule has 0 amide bonds. The van der Waals surface area contributed by atoms with Crippen LogP contribution >= 0.6 is 0 Å². The van der Waals surface area contributed by atoms with Crippen molar-refractivity contribution in [2.24, 2.45) is 7.05 Å². The summed E-state index contributed by atoms with van der Waals surface area (Å²) in [5.74, 6) is 0.874. The number of aryl methyl sites for hydroxylation is 2. The van der Waals surface area contributed by atoms with Crippen LogP contribution in [-0.2, 0) is 7.05 Å². The Bertz CT molecular complexity index is 503. The Hall–Kier alpha value is -2.04. The van der Waals surface area contributed by atoms with Crippen molar-refractivity contribution >= 4 is 17.2 Å². The van der Waals surface area contributed by atoms with E-state index in [9.17, 15) is 0 Å². The molecule has 0 aliphatic rings. The number of rotatable bonds is 4. The summed E-state index contributed by atoms with van der Waals surface area (Å²) < 4.78 is 1.80. The second-order valence-electron chi connectivity index (χ2n) is 3.89. The molecule has 0 aromatic carbocycles. The highest BCUT2D eigenvalue weighted by Gasteiger charge is 2.03. The van der Waals surface area contributed by atoms with Crippen molar-refractivity contribution in [3.05, 3.63) is 30.2 Å². The predicted octanol–water partition coefficient (Wildman–Crippen LogP) is 2.30. The molecule has 0 saturated carbocycles. The third kappa shape index (κ3) is 2.75. The summed E-state index contributed by atoms with van der Waals surface area (Å²) in [6.07, 6.45) is 3.74. The monoisotopic (exact) mass is 231 g/mol. The van der Waals surface area contributed by atoms with Crippen molar-refractivity contribution in [1.29, 1.82) is 0 Å². The highest BCUT2D eigenvalue weighted by molar-refractivity contribution is 5.63. The standard InChI is InChI=1S/C12H17N5/c1-4-13-12-7-10(5-6-14-12)15-11-8-17(3)16-9(11)2/h5-8H,4H2,1-3H3,(H2,13,14,15). The molecular formula is C12H17N5. The number of hydrogen-bond donors (Lipinski definition) is 2. The lowest BCUT2D eigenvalue weighted by Crippen LogP contribution is -2.00. The normalized spacial score (nSPS) is 10.3. The average Bonchev–Trinajstić information content (AvgIpc) is 2.58. The van der Waals surface area contributed by atoms with Gasteiger partial charge in [-0.15, -0.1) is 0 Å². The molecule has 0 aliphatic heterocycles. The molecule has 0 fully saturated rings. The van der Waals surface area contributed by atoms with Gasteiger partial charge in [-0.25, -0.2) is 4.98 Å². The molecule has 0 radical (unpaired) electrons. The summed E-state index contributed by atoms with van der Waals surface area (Å²) in [5, 5.41) is 10.8. The molecule has 2 heterocycles. The zero-order valence-electron chi connectivity index (χ0n) is 10.4.